The van der Waals surface area contributed by atoms with Gasteiger partial charge < -0.3 is 14.6 Å². The summed E-state index contributed by atoms with van der Waals surface area (Å²) in [6.45, 7) is 0.100. The second kappa shape index (κ2) is 6.68. The molecule has 0 saturated heterocycles. The van der Waals surface area contributed by atoms with E-state index in [1.54, 1.807) is 6.07 Å². The molecule has 104 valence electrons. The van der Waals surface area contributed by atoms with E-state index in [1.165, 1.54) is 13.2 Å². The van der Waals surface area contributed by atoms with E-state index < -0.39 is 5.97 Å². The van der Waals surface area contributed by atoms with Crippen molar-refractivity contribution in [3.8, 4) is 5.75 Å². The van der Waals surface area contributed by atoms with Gasteiger partial charge >= 0.3 is 5.97 Å². The Hall–Kier alpha value is -2.40. The molecule has 0 aliphatic heterocycles. The smallest absolute Gasteiger partial charge is 0.356 e. The van der Waals surface area contributed by atoms with E-state index in [1.807, 2.05) is 30.3 Å². The minimum Gasteiger partial charge on any atom is -0.489 e. The standard InChI is InChI=1S/C15H15NO4/c1-19-15(18)14-8-13(7-12(9-17)16-14)20-10-11-5-3-2-4-6-11/h2-8,17H,9-10H2,1H3. The Kier molecular flexibility index (Phi) is 4.68. The molecule has 5 nitrogen and oxygen atoms in total. The number of nitrogens with zero attached hydrogens (tertiary/aromatic N) is 1. The molecule has 0 fully saturated rings. The molecule has 1 heterocycles. The first-order chi connectivity index (χ1) is 9.72. The van der Waals surface area contributed by atoms with E-state index in [0.29, 0.717) is 18.1 Å². The molecule has 0 atom stereocenters. The van der Waals surface area contributed by atoms with Crippen LogP contribution in [0.5, 0.6) is 5.75 Å². The number of methoxy groups -OCH3 is 1. The van der Waals surface area contributed by atoms with Gasteiger partial charge in [-0.2, -0.15) is 0 Å². The van der Waals surface area contributed by atoms with Gasteiger partial charge in [0.2, 0.25) is 0 Å². The van der Waals surface area contributed by atoms with Crippen molar-refractivity contribution in [2.45, 2.75) is 13.2 Å². The molecule has 5 heteroatoms. The molecular weight excluding hydrogens is 258 g/mol. The third kappa shape index (κ3) is 3.55. The van der Waals surface area contributed by atoms with Gasteiger partial charge in [-0.25, -0.2) is 9.78 Å². The predicted molar refractivity (Wildman–Crippen MR) is 72.3 cm³/mol. The maximum absolute atomic E-state index is 11.5. The average Bonchev–Trinajstić information content (AvgIpc) is 2.52. The lowest BCUT2D eigenvalue weighted by atomic mass is 10.2. The molecule has 0 spiro atoms. The molecule has 0 bridgehead atoms. The second-order valence-electron chi connectivity index (χ2n) is 4.10. The van der Waals surface area contributed by atoms with Crippen molar-refractivity contribution in [2.75, 3.05) is 7.11 Å². The van der Waals surface area contributed by atoms with Crippen molar-refractivity contribution in [2.24, 2.45) is 0 Å². The predicted octanol–water partition coefficient (Wildman–Crippen LogP) is 1.94. The summed E-state index contributed by atoms with van der Waals surface area (Å²) in [5.41, 5.74) is 1.48. The van der Waals surface area contributed by atoms with Crippen molar-refractivity contribution in [3.05, 3.63) is 59.4 Å². The van der Waals surface area contributed by atoms with Gasteiger partial charge in [-0.05, 0) is 5.56 Å². The van der Waals surface area contributed by atoms with E-state index in [0.717, 1.165) is 5.56 Å². The van der Waals surface area contributed by atoms with Crippen LogP contribution in [0.3, 0.4) is 0 Å². The first-order valence-electron chi connectivity index (χ1n) is 6.10. The molecule has 2 aromatic rings. The third-order valence-electron chi connectivity index (χ3n) is 2.66. The molecule has 1 aromatic heterocycles. The second-order valence-corrected chi connectivity index (χ2v) is 4.10. The van der Waals surface area contributed by atoms with Gasteiger partial charge in [0, 0.05) is 12.1 Å². The lowest BCUT2D eigenvalue weighted by molar-refractivity contribution is 0.0592. The van der Waals surface area contributed by atoms with Crippen LogP contribution < -0.4 is 4.74 Å². The number of esters is 1. The maximum Gasteiger partial charge on any atom is 0.356 e. The molecule has 20 heavy (non-hydrogen) atoms. The Morgan fingerprint density at radius 2 is 2.00 bits per heavy atom. The molecule has 0 amide bonds. The van der Waals surface area contributed by atoms with Gasteiger partial charge in [0.15, 0.2) is 5.69 Å². The fourth-order valence-electron chi connectivity index (χ4n) is 1.67. The van der Waals surface area contributed by atoms with Gasteiger partial charge in [-0.15, -0.1) is 0 Å². The van der Waals surface area contributed by atoms with Gasteiger partial charge in [0.25, 0.3) is 0 Å². The number of hydrogen-bond acceptors (Lipinski definition) is 5. The Morgan fingerprint density at radius 3 is 2.65 bits per heavy atom. The van der Waals surface area contributed by atoms with Gasteiger partial charge in [0.05, 0.1) is 19.4 Å². The number of benzene rings is 1. The zero-order chi connectivity index (χ0) is 14.4. The molecule has 0 aliphatic carbocycles. The van der Waals surface area contributed by atoms with E-state index in [4.69, 9.17) is 9.84 Å². The van der Waals surface area contributed by atoms with Gasteiger partial charge in [0.1, 0.15) is 12.4 Å². The van der Waals surface area contributed by atoms with Gasteiger partial charge in [-0.3, -0.25) is 0 Å². The SMILES string of the molecule is COC(=O)c1cc(OCc2ccccc2)cc(CO)n1. The summed E-state index contributed by atoms with van der Waals surface area (Å²) in [5.74, 6) is -0.0989. The summed E-state index contributed by atoms with van der Waals surface area (Å²) < 4.78 is 10.2. The average molecular weight is 273 g/mol. The lowest BCUT2D eigenvalue weighted by Crippen LogP contribution is -2.07. The van der Waals surface area contributed by atoms with Crippen LogP contribution in [0.25, 0.3) is 0 Å². The molecule has 2 rings (SSSR count). The summed E-state index contributed by atoms with van der Waals surface area (Å²) in [6.07, 6.45) is 0. The highest BCUT2D eigenvalue weighted by Gasteiger charge is 2.11. The van der Waals surface area contributed by atoms with Crippen LogP contribution in [0.1, 0.15) is 21.7 Å². The van der Waals surface area contributed by atoms with Crippen LogP contribution in [-0.4, -0.2) is 23.2 Å². The third-order valence-corrected chi connectivity index (χ3v) is 2.66. The largest absolute Gasteiger partial charge is 0.489 e. The number of rotatable bonds is 5. The van der Waals surface area contributed by atoms with Crippen molar-refractivity contribution in [3.63, 3.8) is 0 Å². The number of pyridine rings is 1. The molecule has 0 radical (unpaired) electrons. The Labute approximate surface area is 116 Å². The summed E-state index contributed by atoms with van der Waals surface area (Å²) in [7, 11) is 1.28. The highest BCUT2D eigenvalue weighted by atomic mass is 16.5. The van der Waals surface area contributed by atoms with Crippen molar-refractivity contribution >= 4 is 5.97 Å². The van der Waals surface area contributed by atoms with Crippen LogP contribution in [0.4, 0.5) is 0 Å². The van der Waals surface area contributed by atoms with E-state index in [-0.39, 0.29) is 12.3 Å². The summed E-state index contributed by atoms with van der Waals surface area (Å²) in [5, 5.41) is 9.16. The first kappa shape index (κ1) is 14.0. The number of aliphatic hydroxyl groups excluding tert-OH is 1. The van der Waals surface area contributed by atoms with Gasteiger partial charge in [-0.1, -0.05) is 30.3 Å². The van der Waals surface area contributed by atoms with Crippen molar-refractivity contribution < 1.29 is 19.4 Å². The molecule has 1 N–H and O–H groups in total. The van der Waals surface area contributed by atoms with Crippen molar-refractivity contribution in [1.82, 2.24) is 4.98 Å². The molecule has 0 saturated carbocycles. The minimum atomic E-state index is -0.565. The minimum absolute atomic E-state index is 0.113. The van der Waals surface area contributed by atoms with E-state index in [9.17, 15) is 4.79 Å². The molecule has 0 aliphatic rings. The lowest BCUT2D eigenvalue weighted by Gasteiger charge is -2.09. The van der Waals surface area contributed by atoms with Crippen LogP contribution in [-0.2, 0) is 18.0 Å². The first-order valence-corrected chi connectivity index (χ1v) is 6.10. The highest BCUT2D eigenvalue weighted by molar-refractivity contribution is 5.87. The maximum atomic E-state index is 11.5. The number of carbonyl (C=O) groups is 1. The summed E-state index contributed by atoms with van der Waals surface area (Å²) in [4.78, 5) is 15.5. The summed E-state index contributed by atoms with van der Waals surface area (Å²) in [6, 6.07) is 12.7. The fourth-order valence-corrected chi connectivity index (χ4v) is 1.67. The van der Waals surface area contributed by atoms with Crippen molar-refractivity contribution in [1.29, 1.82) is 0 Å². The molecule has 0 unspecified atom stereocenters. The Bertz CT molecular complexity index is 584. The van der Waals surface area contributed by atoms with Crippen LogP contribution in [0, 0.1) is 0 Å². The van der Waals surface area contributed by atoms with Crippen LogP contribution in [0.2, 0.25) is 0 Å². The Morgan fingerprint density at radius 1 is 1.25 bits per heavy atom. The monoisotopic (exact) mass is 273 g/mol. The molecule has 1 aromatic carbocycles. The number of aliphatic hydroxyl groups is 1. The topological polar surface area (TPSA) is 68.7 Å². The Balaban J connectivity index is 2.16. The normalized spacial score (nSPS) is 10.1. The summed E-state index contributed by atoms with van der Waals surface area (Å²) >= 11 is 0. The number of ether oxygens (including phenoxy) is 2. The number of aromatic nitrogens is 1. The fraction of sp³-hybridized carbons (Fsp3) is 0.200. The number of hydrogen-bond donors (Lipinski definition) is 1. The van der Waals surface area contributed by atoms with E-state index in [2.05, 4.69) is 9.72 Å². The quantitative estimate of drug-likeness (QED) is 0.843. The zero-order valence-electron chi connectivity index (χ0n) is 11.1. The molecular formula is C15H15NO4. The van der Waals surface area contributed by atoms with Crippen LogP contribution in [0.15, 0.2) is 42.5 Å². The van der Waals surface area contributed by atoms with Crippen LogP contribution >= 0.6 is 0 Å². The zero-order valence-corrected chi connectivity index (χ0v) is 11.1. The highest BCUT2D eigenvalue weighted by Crippen LogP contribution is 2.17. The number of carbonyl (C=O) groups excluding carboxylic acids is 1. The van der Waals surface area contributed by atoms with E-state index >= 15 is 0 Å².